The average molecular weight is 281 g/mol. The quantitative estimate of drug-likeness (QED) is 0.900. The number of aliphatic hydroxyl groups is 1. The van der Waals surface area contributed by atoms with Crippen LogP contribution in [-0.2, 0) is 0 Å². The van der Waals surface area contributed by atoms with Gasteiger partial charge in [0, 0.05) is 5.71 Å². The van der Waals surface area contributed by atoms with Crippen LogP contribution >= 0.6 is 0 Å². The summed E-state index contributed by atoms with van der Waals surface area (Å²) in [5, 5.41) is 9.50. The van der Waals surface area contributed by atoms with Crippen LogP contribution in [0.5, 0.6) is 11.5 Å². The predicted octanol–water partition coefficient (Wildman–Crippen LogP) is 4.49. The van der Waals surface area contributed by atoms with Crippen LogP contribution in [0.4, 0.5) is 5.69 Å². The molecule has 1 aliphatic carbocycles. The van der Waals surface area contributed by atoms with E-state index >= 15 is 0 Å². The molecule has 0 saturated heterocycles. The van der Waals surface area contributed by atoms with Gasteiger partial charge in [0.15, 0.2) is 0 Å². The molecule has 1 N–H and O–H groups in total. The molecule has 0 unspecified atom stereocenters. The van der Waals surface area contributed by atoms with E-state index in [1.54, 1.807) is 0 Å². The van der Waals surface area contributed by atoms with Crippen molar-refractivity contribution in [3.63, 3.8) is 0 Å². The number of aliphatic hydroxyl groups excluding tert-OH is 1. The van der Waals surface area contributed by atoms with E-state index in [9.17, 15) is 5.11 Å². The zero-order chi connectivity index (χ0) is 14.5. The summed E-state index contributed by atoms with van der Waals surface area (Å²) in [5.41, 5.74) is 2.12. The molecule has 1 saturated carbocycles. The van der Waals surface area contributed by atoms with E-state index < -0.39 is 0 Å². The lowest BCUT2D eigenvalue weighted by Gasteiger charge is -2.18. The van der Waals surface area contributed by atoms with E-state index in [-0.39, 0.29) is 6.10 Å². The van der Waals surface area contributed by atoms with E-state index in [4.69, 9.17) is 4.74 Å². The first-order valence-corrected chi connectivity index (χ1v) is 7.37. The van der Waals surface area contributed by atoms with E-state index in [0.29, 0.717) is 0 Å². The van der Waals surface area contributed by atoms with Crippen molar-refractivity contribution < 1.29 is 9.84 Å². The molecular weight excluding hydrogens is 262 g/mol. The van der Waals surface area contributed by atoms with Crippen LogP contribution in [0.3, 0.4) is 0 Å². The molecule has 0 aliphatic heterocycles. The fraction of sp³-hybridized carbons (Fsp3) is 0.278. The van der Waals surface area contributed by atoms with Crippen molar-refractivity contribution in [2.45, 2.75) is 31.8 Å². The number of ether oxygens (including phenoxy) is 1. The van der Waals surface area contributed by atoms with Gasteiger partial charge in [0.1, 0.15) is 11.5 Å². The Kier molecular flexibility index (Phi) is 4.31. The van der Waals surface area contributed by atoms with Gasteiger partial charge in [0.05, 0.1) is 11.8 Å². The van der Waals surface area contributed by atoms with Gasteiger partial charge in [-0.05, 0) is 62.1 Å². The Hall–Kier alpha value is -2.13. The molecular formula is C18H19NO2. The molecule has 3 nitrogen and oxygen atoms in total. The first-order chi connectivity index (χ1) is 10.3. The number of aliphatic imine (C=N–C) groups is 1. The molecule has 21 heavy (non-hydrogen) atoms. The molecule has 0 atom stereocenters. The van der Waals surface area contributed by atoms with Crippen molar-refractivity contribution in [3.05, 3.63) is 54.6 Å². The molecule has 0 spiro atoms. The topological polar surface area (TPSA) is 41.8 Å². The Labute approximate surface area is 124 Å². The molecule has 1 fully saturated rings. The minimum Gasteiger partial charge on any atom is -0.457 e. The molecule has 0 bridgehead atoms. The highest BCUT2D eigenvalue weighted by molar-refractivity contribution is 5.87. The van der Waals surface area contributed by atoms with Crippen molar-refractivity contribution in [1.29, 1.82) is 0 Å². The monoisotopic (exact) mass is 281 g/mol. The SMILES string of the molecule is OC1CCC(=Nc2ccc(Oc3ccccc3)cc2)CC1. The lowest BCUT2D eigenvalue weighted by molar-refractivity contribution is 0.152. The minimum atomic E-state index is -0.148. The first kappa shape index (κ1) is 13.8. The maximum absolute atomic E-state index is 9.50. The highest BCUT2D eigenvalue weighted by Gasteiger charge is 2.14. The zero-order valence-corrected chi connectivity index (χ0v) is 11.9. The lowest BCUT2D eigenvalue weighted by atomic mass is 9.96. The predicted molar refractivity (Wildman–Crippen MR) is 84.5 cm³/mol. The van der Waals surface area contributed by atoms with E-state index in [1.807, 2.05) is 54.6 Å². The fourth-order valence-electron chi connectivity index (χ4n) is 2.44. The number of rotatable bonds is 3. The molecule has 0 amide bonds. The van der Waals surface area contributed by atoms with Crippen LogP contribution in [0.25, 0.3) is 0 Å². The third kappa shape index (κ3) is 3.92. The summed E-state index contributed by atoms with van der Waals surface area (Å²) < 4.78 is 5.76. The van der Waals surface area contributed by atoms with Crippen LogP contribution in [-0.4, -0.2) is 16.9 Å². The summed E-state index contributed by atoms with van der Waals surface area (Å²) in [6.45, 7) is 0. The summed E-state index contributed by atoms with van der Waals surface area (Å²) >= 11 is 0. The molecule has 3 rings (SSSR count). The summed E-state index contributed by atoms with van der Waals surface area (Å²) in [4.78, 5) is 4.65. The van der Waals surface area contributed by atoms with Gasteiger partial charge in [-0.2, -0.15) is 0 Å². The van der Waals surface area contributed by atoms with Crippen LogP contribution in [0.1, 0.15) is 25.7 Å². The number of nitrogens with zero attached hydrogens (tertiary/aromatic N) is 1. The summed E-state index contributed by atoms with van der Waals surface area (Å²) in [7, 11) is 0. The third-order valence-electron chi connectivity index (χ3n) is 3.64. The normalized spacial score (nSPS) is 18.3. The van der Waals surface area contributed by atoms with Crippen molar-refractivity contribution >= 4 is 11.4 Å². The van der Waals surface area contributed by atoms with E-state index in [2.05, 4.69) is 4.99 Å². The molecule has 0 radical (unpaired) electrons. The van der Waals surface area contributed by atoms with Gasteiger partial charge in [-0.1, -0.05) is 18.2 Å². The lowest BCUT2D eigenvalue weighted by Crippen LogP contribution is -2.17. The Morgan fingerprint density at radius 1 is 0.857 bits per heavy atom. The molecule has 0 heterocycles. The molecule has 0 aromatic heterocycles. The highest BCUT2D eigenvalue weighted by Crippen LogP contribution is 2.25. The van der Waals surface area contributed by atoms with Crippen molar-refractivity contribution in [2.75, 3.05) is 0 Å². The molecule has 3 heteroatoms. The highest BCUT2D eigenvalue weighted by atomic mass is 16.5. The molecule has 1 aliphatic rings. The van der Waals surface area contributed by atoms with Gasteiger partial charge < -0.3 is 9.84 Å². The largest absolute Gasteiger partial charge is 0.457 e. The summed E-state index contributed by atoms with van der Waals surface area (Å²) in [6, 6.07) is 17.5. The molecule has 2 aromatic rings. The van der Waals surface area contributed by atoms with Gasteiger partial charge in [-0.15, -0.1) is 0 Å². The zero-order valence-electron chi connectivity index (χ0n) is 11.9. The average Bonchev–Trinajstić information content (AvgIpc) is 2.53. The van der Waals surface area contributed by atoms with E-state index in [1.165, 1.54) is 5.71 Å². The number of hydrogen-bond acceptors (Lipinski definition) is 3. The van der Waals surface area contributed by atoms with Gasteiger partial charge in [-0.25, -0.2) is 0 Å². The Morgan fingerprint density at radius 3 is 2.14 bits per heavy atom. The van der Waals surface area contributed by atoms with Gasteiger partial charge in [-0.3, -0.25) is 4.99 Å². The number of para-hydroxylation sites is 1. The Bertz CT molecular complexity index is 595. The van der Waals surface area contributed by atoms with Gasteiger partial charge >= 0.3 is 0 Å². The van der Waals surface area contributed by atoms with E-state index in [0.717, 1.165) is 42.9 Å². The fourth-order valence-corrected chi connectivity index (χ4v) is 2.44. The first-order valence-electron chi connectivity index (χ1n) is 7.37. The summed E-state index contributed by atoms with van der Waals surface area (Å²) in [5.74, 6) is 1.64. The number of hydrogen-bond donors (Lipinski definition) is 1. The van der Waals surface area contributed by atoms with Crippen molar-refractivity contribution in [2.24, 2.45) is 4.99 Å². The maximum Gasteiger partial charge on any atom is 0.127 e. The smallest absolute Gasteiger partial charge is 0.127 e. The standard InChI is InChI=1S/C18H19NO2/c20-16-10-6-14(7-11-16)19-15-8-12-18(13-9-15)21-17-4-2-1-3-5-17/h1-5,8-9,12-13,16,20H,6-7,10-11H2. The molecule has 108 valence electrons. The van der Waals surface area contributed by atoms with Crippen LogP contribution in [0.15, 0.2) is 59.6 Å². The maximum atomic E-state index is 9.50. The van der Waals surface area contributed by atoms with Crippen molar-refractivity contribution in [1.82, 2.24) is 0 Å². The second-order valence-corrected chi connectivity index (χ2v) is 5.32. The van der Waals surface area contributed by atoms with Crippen LogP contribution in [0, 0.1) is 0 Å². The van der Waals surface area contributed by atoms with Crippen molar-refractivity contribution in [3.8, 4) is 11.5 Å². The Balaban J connectivity index is 1.65. The van der Waals surface area contributed by atoms with Gasteiger partial charge in [0.2, 0.25) is 0 Å². The van der Waals surface area contributed by atoms with Gasteiger partial charge in [0.25, 0.3) is 0 Å². The number of benzene rings is 2. The third-order valence-corrected chi connectivity index (χ3v) is 3.64. The Morgan fingerprint density at radius 2 is 1.48 bits per heavy atom. The molecule has 2 aromatic carbocycles. The second-order valence-electron chi connectivity index (χ2n) is 5.32. The van der Waals surface area contributed by atoms with Crippen LogP contribution in [0.2, 0.25) is 0 Å². The second kappa shape index (κ2) is 6.55. The summed E-state index contributed by atoms with van der Waals surface area (Å²) in [6.07, 6.45) is 3.29. The van der Waals surface area contributed by atoms with Crippen LogP contribution < -0.4 is 4.74 Å². The minimum absolute atomic E-state index is 0.148.